The SMILES string of the molecule is CCOC1CC(N)(C(=O)N2CCC(CN3CCCC3)C2)C1(C)C. The van der Waals surface area contributed by atoms with E-state index in [2.05, 4.69) is 18.7 Å². The van der Waals surface area contributed by atoms with E-state index in [1.165, 1.54) is 25.9 Å². The van der Waals surface area contributed by atoms with Crippen LogP contribution in [-0.2, 0) is 9.53 Å². The molecule has 132 valence electrons. The predicted molar refractivity (Wildman–Crippen MR) is 91.1 cm³/mol. The van der Waals surface area contributed by atoms with Crippen molar-refractivity contribution in [2.75, 3.05) is 39.3 Å². The Balaban J connectivity index is 1.56. The minimum absolute atomic E-state index is 0.101. The fourth-order valence-electron chi connectivity index (χ4n) is 4.58. The highest BCUT2D eigenvalue weighted by Crippen LogP contribution is 2.50. The minimum Gasteiger partial charge on any atom is -0.378 e. The highest BCUT2D eigenvalue weighted by molar-refractivity contribution is 5.89. The summed E-state index contributed by atoms with van der Waals surface area (Å²) >= 11 is 0. The van der Waals surface area contributed by atoms with Crippen LogP contribution in [0.25, 0.3) is 0 Å². The first kappa shape index (κ1) is 17.2. The van der Waals surface area contributed by atoms with E-state index in [4.69, 9.17) is 10.5 Å². The zero-order valence-corrected chi connectivity index (χ0v) is 15.0. The van der Waals surface area contributed by atoms with Gasteiger partial charge in [0.25, 0.3) is 0 Å². The molecule has 23 heavy (non-hydrogen) atoms. The molecule has 1 saturated carbocycles. The van der Waals surface area contributed by atoms with Gasteiger partial charge in [0.1, 0.15) is 5.54 Å². The molecule has 1 amide bonds. The normalized spacial score (nSPS) is 37.1. The predicted octanol–water partition coefficient (Wildman–Crippen LogP) is 1.46. The van der Waals surface area contributed by atoms with E-state index >= 15 is 0 Å². The van der Waals surface area contributed by atoms with Crippen LogP contribution in [0.5, 0.6) is 0 Å². The van der Waals surface area contributed by atoms with Crippen molar-refractivity contribution in [3.8, 4) is 0 Å². The van der Waals surface area contributed by atoms with Gasteiger partial charge in [-0.25, -0.2) is 0 Å². The Hall–Kier alpha value is -0.650. The van der Waals surface area contributed by atoms with Gasteiger partial charge in [0.2, 0.25) is 5.91 Å². The largest absolute Gasteiger partial charge is 0.378 e. The molecule has 0 aromatic rings. The zero-order valence-electron chi connectivity index (χ0n) is 15.0. The smallest absolute Gasteiger partial charge is 0.243 e. The van der Waals surface area contributed by atoms with Crippen molar-refractivity contribution < 1.29 is 9.53 Å². The quantitative estimate of drug-likeness (QED) is 0.832. The van der Waals surface area contributed by atoms with Crippen molar-refractivity contribution in [3.63, 3.8) is 0 Å². The van der Waals surface area contributed by atoms with Crippen LogP contribution in [0.15, 0.2) is 0 Å². The third-order valence-corrected chi connectivity index (χ3v) is 6.50. The maximum Gasteiger partial charge on any atom is 0.243 e. The van der Waals surface area contributed by atoms with Crippen LogP contribution in [0.4, 0.5) is 0 Å². The summed E-state index contributed by atoms with van der Waals surface area (Å²) in [6, 6.07) is 0. The van der Waals surface area contributed by atoms with Crippen LogP contribution >= 0.6 is 0 Å². The van der Waals surface area contributed by atoms with Crippen molar-refractivity contribution in [3.05, 3.63) is 0 Å². The van der Waals surface area contributed by atoms with Crippen LogP contribution in [-0.4, -0.2) is 66.7 Å². The number of carbonyl (C=O) groups is 1. The number of nitrogens with two attached hydrogens (primary N) is 1. The summed E-state index contributed by atoms with van der Waals surface area (Å²) in [5, 5.41) is 0. The summed E-state index contributed by atoms with van der Waals surface area (Å²) in [7, 11) is 0. The Morgan fingerprint density at radius 2 is 1.96 bits per heavy atom. The minimum atomic E-state index is -0.755. The molecular formula is C18H33N3O2. The molecule has 0 spiro atoms. The first-order valence-corrected chi connectivity index (χ1v) is 9.30. The molecular weight excluding hydrogens is 290 g/mol. The molecule has 2 saturated heterocycles. The van der Waals surface area contributed by atoms with Crippen molar-refractivity contribution >= 4 is 5.91 Å². The number of hydrogen-bond acceptors (Lipinski definition) is 4. The van der Waals surface area contributed by atoms with Gasteiger partial charge in [-0.1, -0.05) is 13.8 Å². The summed E-state index contributed by atoms with van der Waals surface area (Å²) in [4.78, 5) is 17.6. The number of carbonyl (C=O) groups excluding carboxylic acids is 1. The maximum absolute atomic E-state index is 13.0. The average Bonchev–Trinajstić information content (AvgIpc) is 3.18. The lowest BCUT2D eigenvalue weighted by molar-refractivity contribution is -0.178. The molecule has 0 aromatic heterocycles. The van der Waals surface area contributed by atoms with Crippen LogP contribution in [0, 0.1) is 11.3 Å². The van der Waals surface area contributed by atoms with E-state index < -0.39 is 5.54 Å². The molecule has 2 heterocycles. The second-order valence-corrected chi connectivity index (χ2v) is 8.25. The third-order valence-electron chi connectivity index (χ3n) is 6.50. The standard InChI is InChI=1S/C18H33N3O2/c1-4-23-15-11-18(19,17(15,2)3)16(22)21-10-7-14(13-21)12-20-8-5-6-9-20/h14-15H,4-13,19H2,1-3H3. The van der Waals surface area contributed by atoms with E-state index in [0.717, 1.165) is 26.1 Å². The monoisotopic (exact) mass is 323 g/mol. The van der Waals surface area contributed by atoms with Crippen LogP contribution in [0.1, 0.15) is 46.5 Å². The first-order chi connectivity index (χ1) is 10.9. The van der Waals surface area contributed by atoms with Gasteiger partial charge in [0.15, 0.2) is 0 Å². The zero-order chi connectivity index (χ0) is 16.7. The van der Waals surface area contributed by atoms with E-state index in [-0.39, 0.29) is 17.4 Å². The Morgan fingerprint density at radius 3 is 2.57 bits per heavy atom. The number of hydrogen-bond donors (Lipinski definition) is 1. The average molecular weight is 323 g/mol. The molecule has 1 aliphatic carbocycles. The molecule has 5 nitrogen and oxygen atoms in total. The fraction of sp³-hybridized carbons (Fsp3) is 0.944. The Bertz CT molecular complexity index is 448. The summed E-state index contributed by atoms with van der Waals surface area (Å²) in [5.74, 6) is 0.758. The molecule has 3 rings (SSSR count). The topological polar surface area (TPSA) is 58.8 Å². The number of amides is 1. The third kappa shape index (κ3) is 2.92. The molecule has 0 bridgehead atoms. The van der Waals surface area contributed by atoms with Crippen molar-refractivity contribution in [2.45, 2.75) is 58.1 Å². The molecule has 3 aliphatic rings. The number of nitrogens with zero attached hydrogens (tertiary/aromatic N) is 2. The summed E-state index contributed by atoms with van der Waals surface area (Å²) < 4.78 is 5.75. The van der Waals surface area contributed by atoms with Crippen LogP contribution < -0.4 is 5.73 Å². The molecule has 3 fully saturated rings. The summed E-state index contributed by atoms with van der Waals surface area (Å²) in [6.45, 7) is 12.2. The first-order valence-electron chi connectivity index (χ1n) is 9.30. The molecule has 2 N–H and O–H groups in total. The molecule has 3 atom stereocenters. The van der Waals surface area contributed by atoms with Gasteiger partial charge >= 0.3 is 0 Å². The van der Waals surface area contributed by atoms with Crippen molar-refractivity contribution in [1.29, 1.82) is 0 Å². The van der Waals surface area contributed by atoms with E-state index in [1.807, 2.05) is 11.8 Å². The second kappa shape index (κ2) is 6.34. The van der Waals surface area contributed by atoms with Crippen LogP contribution in [0.2, 0.25) is 0 Å². The Kier molecular flexibility index (Phi) is 4.73. The summed E-state index contributed by atoms with van der Waals surface area (Å²) in [5.41, 5.74) is 5.51. The van der Waals surface area contributed by atoms with Gasteiger partial charge in [0, 0.05) is 38.1 Å². The lowest BCUT2D eigenvalue weighted by Gasteiger charge is -2.58. The Morgan fingerprint density at radius 1 is 1.26 bits per heavy atom. The number of rotatable bonds is 5. The van der Waals surface area contributed by atoms with E-state index in [1.54, 1.807) is 0 Å². The van der Waals surface area contributed by atoms with Crippen molar-refractivity contribution in [1.82, 2.24) is 9.80 Å². The van der Waals surface area contributed by atoms with Gasteiger partial charge in [0.05, 0.1) is 6.10 Å². The highest BCUT2D eigenvalue weighted by Gasteiger charge is 2.64. The maximum atomic E-state index is 13.0. The van der Waals surface area contributed by atoms with Gasteiger partial charge in [-0.3, -0.25) is 4.79 Å². The number of ether oxygens (including phenoxy) is 1. The highest BCUT2D eigenvalue weighted by atomic mass is 16.5. The lowest BCUT2D eigenvalue weighted by atomic mass is 9.54. The van der Waals surface area contributed by atoms with Gasteiger partial charge in [-0.2, -0.15) is 0 Å². The van der Waals surface area contributed by atoms with E-state index in [9.17, 15) is 4.79 Å². The molecule has 3 unspecified atom stereocenters. The molecule has 5 heteroatoms. The lowest BCUT2D eigenvalue weighted by Crippen LogP contribution is -2.75. The van der Waals surface area contributed by atoms with Crippen LogP contribution in [0.3, 0.4) is 0 Å². The number of likely N-dealkylation sites (tertiary alicyclic amines) is 2. The van der Waals surface area contributed by atoms with Gasteiger partial charge in [-0.15, -0.1) is 0 Å². The Labute approximate surface area is 140 Å². The van der Waals surface area contributed by atoms with Crippen molar-refractivity contribution in [2.24, 2.45) is 17.1 Å². The van der Waals surface area contributed by atoms with Gasteiger partial charge in [-0.05, 0) is 45.2 Å². The molecule has 0 aromatic carbocycles. The van der Waals surface area contributed by atoms with E-state index in [0.29, 0.717) is 18.9 Å². The fourth-order valence-corrected chi connectivity index (χ4v) is 4.58. The molecule has 2 aliphatic heterocycles. The van der Waals surface area contributed by atoms with Gasteiger partial charge < -0.3 is 20.3 Å². The summed E-state index contributed by atoms with van der Waals surface area (Å²) in [6.07, 6.45) is 4.53. The second-order valence-electron chi connectivity index (χ2n) is 8.25. The molecule has 0 radical (unpaired) electrons.